The Morgan fingerprint density at radius 1 is 1.47 bits per heavy atom. The van der Waals surface area contributed by atoms with Gasteiger partial charge in [-0.3, -0.25) is 4.79 Å². The molecule has 1 aromatic heterocycles. The molecule has 0 spiro atoms. The standard InChI is InChI=1S/C14H19N3OS/c1-9-4-3-5-11-13(9)16-12(17-14(11)18)8-19-7-6-10(2)15/h3-5,10H,6-8,15H2,1-2H3,(H,16,17,18). The number of nitrogens with one attached hydrogen (secondary N) is 1. The van der Waals surface area contributed by atoms with E-state index in [1.54, 1.807) is 17.8 Å². The third kappa shape index (κ3) is 3.58. The highest BCUT2D eigenvalue weighted by atomic mass is 32.2. The van der Waals surface area contributed by atoms with Crippen molar-refractivity contribution >= 4 is 22.7 Å². The first-order chi connectivity index (χ1) is 9.08. The van der Waals surface area contributed by atoms with Gasteiger partial charge in [0.05, 0.1) is 16.7 Å². The van der Waals surface area contributed by atoms with E-state index in [9.17, 15) is 4.79 Å². The van der Waals surface area contributed by atoms with Crippen LogP contribution in [0.2, 0.25) is 0 Å². The maximum atomic E-state index is 12.0. The van der Waals surface area contributed by atoms with E-state index in [4.69, 9.17) is 5.73 Å². The Kier molecular flexibility index (Phi) is 4.61. The van der Waals surface area contributed by atoms with Crippen LogP contribution in [0.15, 0.2) is 23.0 Å². The first-order valence-corrected chi connectivity index (χ1v) is 7.55. The number of aromatic amines is 1. The Balaban J connectivity index is 2.16. The van der Waals surface area contributed by atoms with E-state index in [0.717, 1.165) is 29.1 Å². The maximum Gasteiger partial charge on any atom is 0.258 e. The molecule has 2 aromatic rings. The van der Waals surface area contributed by atoms with E-state index in [1.807, 2.05) is 26.0 Å². The van der Waals surface area contributed by atoms with Crippen molar-refractivity contribution in [3.63, 3.8) is 0 Å². The number of nitrogens with zero attached hydrogens (tertiary/aromatic N) is 1. The van der Waals surface area contributed by atoms with E-state index in [1.165, 1.54) is 0 Å². The van der Waals surface area contributed by atoms with Crippen molar-refractivity contribution < 1.29 is 0 Å². The van der Waals surface area contributed by atoms with Crippen molar-refractivity contribution in [3.8, 4) is 0 Å². The number of H-pyrrole nitrogens is 1. The quantitative estimate of drug-likeness (QED) is 0.822. The number of fused-ring (bicyclic) bond motifs is 1. The Morgan fingerprint density at radius 3 is 3.00 bits per heavy atom. The van der Waals surface area contributed by atoms with Gasteiger partial charge >= 0.3 is 0 Å². The fraction of sp³-hybridized carbons (Fsp3) is 0.429. The van der Waals surface area contributed by atoms with Crippen molar-refractivity contribution in [1.82, 2.24) is 9.97 Å². The molecule has 1 atom stereocenters. The molecule has 0 aliphatic carbocycles. The Morgan fingerprint density at radius 2 is 2.26 bits per heavy atom. The highest BCUT2D eigenvalue weighted by Crippen LogP contribution is 2.15. The fourth-order valence-electron chi connectivity index (χ4n) is 1.86. The summed E-state index contributed by atoms with van der Waals surface area (Å²) >= 11 is 1.75. The first kappa shape index (κ1) is 14.1. The summed E-state index contributed by atoms with van der Waals surface area (Å²) in [4.78, 5) is 19.4. The summed E-state index contributed by atoms with van der Waals surface area (Å²) in [5, 5.41) is 0.657. The second-order valence-electron chi connectivity index (χ2n) is 4.80. The molecule has 0 aliphatic heterocycles. The van der Waals surface area contributed by atoms with Gasteiger partial charge in [-0.25, -0.2) is 4.98 Å². The van der Waals surface area contributed by atoms with Gasteiger partial charge in [0.15, 0.2) is 0 Å². The molecule has 0 saturated carbocycles. The predicted octanol–water partition coefficient (Wildman–Crippen LogP) is 2.20. The van der Waals surface area contributed by atoms with Gasteiger partial charge in [0, 0.05) is 6.04 Å². The zero-order valence-corrected chi connectivity index (χ0v) is 12.1. The third-order valence-electron chi connectivity index (χ3n) is 2.94. The summed E-state index contributed by atoms with van der Waals surface area (Å²) in [6.45, 7) is 3.97. The number of benzene rings is 1. The zero-order valence-electron chi connectivity index (χ0n) is 11.3. The minimum atomic E-state index is -0.0588. The number of para-hydroxylation sites is 1. The molecule has 0 amide bonds. The van der Waals surface area contributed by atoms with E-state index in [-0.39, 0.29) is 11.6 Å². The number of rotatable bonds is 5. The summed E-state index contributed by atoms with van der Waals surface area (Å²) in [6, 6.07) is 5.88. The zero-order chi connectivity index (χ0) is 13.8. The molecular weight excluding hydrogens is 258 g/mol. The molecule has 1 heterocycles. The highest BCUT2D eigenvalue weighted by molar-refractivity contribution is 7.98. The third-order valence-corrected chi connectivity index (χ3v) is 3.95. The lowest BCUT2D eigenvalue weighted by molar-refractivity contribution is 0.721. The highest BCUT2D eigenvalue weighted by Gasteiger charge is 2.06. The van der Waals surface area contributed by atoms with Crippen molar-refractivity contribution in [2.75, 3.05) is 5.75 Å². The van der Waals surface area contributed by atoms with Crippen LogP contribution < -0.4 is 11.3 Å². The van der Waals surface area contributed by atoms with E-state index in [2.05, 4.69) is 9.97 Å². The molecule has 102 valence electrons. The fourth-order valence-corrected chi connectivity index (χ4v) is 2.87. The summed E-state index contributed by atoms with van der Waals surface area (Å²) in [5.74, 6) is 2.43. The van der Waals surface area contributed by atoms with Crippen LogP contribution in [0, 0.1) is 6.92 Å². The summed E-state index contributed by atoms with van der Waals surface area (Å²) in [7, 11) is 0. The van der Waals surface area contributed by atoms with Gasteiger partial charge < -0.3 is 10.7 Å². The number of hydrogen-bond acceptors (Lipinski definition) is 4. The number of hydrogen-bond donors (Lipinski definition) is 2. The van der Waals surface area contributed by atoms with Gasteiger partial charge in [-0.1, -0.05) is 12.1 Å². The lowest BCUT2D eigenvalue weighted by Crippen LogP contribution is -2.15. The maximum absolute atomic E-state index is 12.0. The molecule has 1 unspecified atom stereocenters. The molecule has 2 rings (SSSR count). The van der Waals surface area contributed by atoms with Gasteiger partial charge in [-0.2, -0.15) is 11.8 Å². The van der Waals surface area contributed by atoms with Gasteiger partial charge in [-0.15, -0.1) is 0 Å². The predicted molar refractivity (Wildman–Crippen MR) is 81.5 cm³/mol. The first-order valence-electron chi connectivity index (χ1n) is 6.40. The number of thioether (sulfide) groups is 1. The average Bonchev–Trinajstić information content (AvgIpc) is 2.36. The molecule has 0 radical (unpaired) electrons. The lowest BCUT2D eigenvalue weighted by Gasteiger charge is -2.06. The van der Waals surface area contributed by atoms with Gasteiger partial charge in [0.2, 0.25) is 0 Å². The second-order valence-corrected chi connectivity index (χ2v) is 5.91. The Bertz CT molecular complexity index is 622. The molecule has 3 N–H and O–H groups in total. The minimum absolute atomic E-state index is 0.0588. The average molecular weight is 277 g/mol. The van der Waals surface area contributed by atoms with Crippen LogP contribution in [0.4, 0.5) is 0 Å². The molecule has 19 heavy (non-hydrogen) atoms. The Hall–Kier alpha value is -1.33. The molecule has 1 aromatic carbocycles. The van der Waals surface area contributed by atoms with Crippen LogP contribution in [-0.4, -0.2) is 21.8 Å². The smallest absolute Gasteiger partial charge is 0.258 e. The molecule has 4 nitrogen and oxygen atoms in total. The number of aryl methyl sites for hydroxylation is 1. The van der Waals surface area contributed by atoms with Crippen LogP contribution >= 0.6 is 11.8 Å². The molecule has 5 heteroatoms. The van der Waals surface area contributed by atoms with E-state index in [0.29, 0.717) is 11.1 Å². The molecule has 0 saturated heterocycles. The topological polar surface area (TPSA) is 71.8 Å². The van der Waals surface area contributed by atoms with Crippen LogP contribution in [0.3, 0.4) is 0 Å². The van der Waals surface area contributed by atoms with Crippen molar-refractivity contribution in [3.05, 3.63) is 39.9 Å². The summed E-state index contributed by atoms with van der Waals surface area (Å²) < 4.78 is 0. The van der Waals surface area contributed by atoms with E-state index >= 15 is 0 Å². The summed E-state index contributed by atoms with van der Waals surface area (Å²) in [5.41, 5.74) is 7.48. The van der Waals surface area contributed by atoms with Crippen molar-refractivity contribution in [2.45, 2.75) is 32.1 Å². The monoisotopic (exact) mass is 277 g/mol. The van der Waals surface area contributed by atoms with Crippen LogP contribution in [0.5, 0.6) is 0 Å². The van der Waals surface area contributed by atoms with E-state index < -0.39 is 0 Å². The number of nitrogens with two attached hydrogens (primary N) is 1. The molecule has 0 fully saturated rings. The van der Waals surface area contributed by atoms with Crippen LogP contribution in [0.25, 0.3) is 10.9 Å². The van der Waals surface area contributed by atoms with Crippen molar-refractivity contribution in [1.29, 1.82) is 0 Å². The number of aromatic nitrogens is 2. The van der Waals surface area contributed by atoms with Gasteiger partial charge in [-0.05, 0) is 37.7 Å². The van der Waals surface area contributed by atoms with Crippen LogP contribution in [0.1, 0.15) is 24.7 Å². The summed E-state index contributed by atoms with van der Waals surface area (Å²) in [6.07, 6.45) is 0.974. The lowest BCUT2D eigenvalue weighted by atomic mass is 10.1. The molecular formula is C14H19N3OS. The van der Waals surface area contributed by atoms with Crippen molar-refractivity contribution in [2.24, 2.45) is 5.73 Å². The molecule has 0 bridgehead atoms. The second kappa shape index (κ2) is 6.21. The van der Waals surface area contributed by atoms with Gasteiger partial charge in [0.1, 0.15) is 5.82 Å². The van der Waals surface area contributed by atoms with Crippen LogP contribution in [-0.2, 0) is 5.75 Å². The SMILES string of the molecule is Cc1cccc2c(=O)[nH]c(CSCCC(C)N)nc12. The normalized spacial score (nSPS) is 12.8. The largest absolute Gasteiger partial charge is 0.328 e. The van der Waals surface area contributed by atoms with Gasteiger partial charge in [0.25, 0.3) is 5.56 Å². The minimum Gasteiger partial charge on any atom is -0.328 e. The Labute approximate surface area is 116 Å². The molecule has 0 aliphatic rings.